The van der Waals surface area contributed by atoms with Gasteiger partial charge in [-0.15, -0.1) is 5.10 Å². The van der Waals surface area contributed by atoms with Crippen LogP contribution >= 0.6 is 0 Å². The number of nitrogens with zero attached hydrogens (tertiary/aromatic N) is 4. The van der Waals surface area contributed by atoms with Crippen molar-refractivity contribution in [1.82, 2.24) is 25.3 Å². The number of para-hydroxylation sites is 1. The van der Waals surface area contributed by atoms with Crippen LogP contribution in [0.5, 0.6) is 0 Å². The molecule has 0 aliphatic carbocycles. The lowest BCUT2D eigenvalue weighted by Crippen LogP contribution is -2.24. The second-order valence-corrected chi connectivity index (χ2v) is 4.81. The summed E-state index contributed by atoms with van der Waals surface area (Å²) in [5.41, 5.74) is 2.81. The van der Waals surface area contributed by atoms with Gasteiger partial charge in [0.25, 0.3) is 5.91 Å². The van der Waals surface area contributed by atoms with Gasteiger partial charge in [0, 0.05) is 5.69 Å². The Morgan fingerprint density at radius 3 is 2.73 bits per heavy atom. The number of hydrogen-bond donors (Lipinski definition) is 1. The van der Waals surface area contributed by atoms with Crippen LogP contribution in [0, 0.1) is 6.92 Å². The van der Waals surface area contributed by atoms with E-state index in [1.54, 1.807) is 0 Å². The van der Waals surface area contributed by atoms with Crippen LogP contribution in [0.4, 0.5) is 0 Å². The summed E-state index contributed by atoms with van der Waals surface area (Å²) >= 11 is 0. The minimum absolute atomic E-state index is 0.273. The van der Waals surface area contributed by atoms with E-state index in [9.17, 15) is 4.79 Å². The SMILES string of the molecule is Cc1cccc(CNC(=O)c2cnn(-c3ccccc3)n2)n1. The number of hydrogen-bond acceptors (Lipinski definition) is 4. The molecule has 1 N–H and O–H groups in total. The molecule has 2 heterocycles. The van der Waals surface area contributed by atoms with Crippen molar-refractivity contribution < 1.29 is 4.79 Å². The molecule has 22 heavy (non-hydrogen) atoms. The number of aromatic nitrogens is 4. The molecule has 0 fully saturated rings. The van der Waals surface area contributed by atoms with E-state index in [0.29, 0.717) is 6.54 Å². The molecule has 6 nitrogen and oxygen atoms in total. The molecule has 0 saturated carbocycles. The van der Waals surface area contributed by atoms with Crippen molar-refractivity contribution in [2.75, 3.05) is 0 Å². The summed E-state index contributed by atoms with van der Waals surface area (Å²) in [5, 5.41) is 11.1. The molecule has 110 valence electrons. The van der Waals surface area contributed by atoms with Gasteiger partial charge in [0.15, 0.2) is 5.69 Å². The second kappa shape index (κ2) is 6.17. The Morgan fingerprint density at radius 1 is 1.14 bits per heavy atom. The minimum atomic E-state index is -0.273. The Labute approximate surface area is 127 Å². The Kier molecular flexibility index (Phi) is 3.91. The molecule has 0 unspecified atom stereocenters. The van der Waals surface area contributed by atoms with E-state index in [1.807, 2.05) is 55.5 Å². The fourth-order valence-corrected chi connectivity index (χ4v) is 2.01. The average Bonchev–Trinajstić information content (AvgIpc) is 3.04. The molecule has 0 atom stereocenters. The highest BCUT2D eigenvalue weighted by Crippen LogP contribution is 2.04. The van der Waals surface area contributed by atoms with Gasteiger partial charge in [-0.25, -0.2) is 0 Å². The van der Waals surface area contributed by atoms with E-state index < -0.39 is 0 Å². The van der Waals surface area contributed by atoms with Crippen molar-refractivity contribution in [3.8, 4) is 5.69 Å². The third-order valence-electron chi connectivity index (χ3n) is 3.09. The molecule has 6 heteroatoms. The maximum Gasteiger partial charge on any atom is 0.273 e. The number of aryl methyl sites for hydroxylation is 1. The zero-order chi connectivity index (χ0) is 15.4. The van der Waals surface area contributed by atoms with Gasteiger partial charge in [-0.1, -0.05) is 24.3 Å². The molecular weight excluding hydrogens is 278 g/mol. The second-order valence-electron chi connectivity index (χ2n) is 4.81. The van der Waals surface area contributed by atoms with Crippen molar-refractivity contribution in [3.05, 3.63) is 71.8 Å². The van der Waals surface area contributed by atoms with Crippen molar-refractivity contribution in [3.63, 3.8) is 0 Å². The average molecular weight is 293 g/mol. The van der Waals surface area contributed by atoms with Crippen LogP contribution in [0.1, 0.15) is 21.9 Å². The summed E-state index contributed by atoms with van der Waals surface area (Å²) in [6.45, 7) is 2.27. The number of rotatable bonds is 4. The van der Waals surface area contributed by atoms with Crippen molar-refractivity contribution >= 4 is 5.91 Å². The lowest BCUT2D eigenvalue weighted by Gasteiger charge is -2.03. The summed E-state index contributed by atoms with van der Waals surface area (Å²) in [6, 6.07) is 15.1. The van der Waals surface area contributed by atoms with Gasteiger partial charge in [-0.05, 0) is 31.2 Å². The predicted molar refractivity (Wildman–Crippen MR) is 81.5 cm³/mol. The maximum absolute atomic E-state index is 12.1. The first-order valence-corrected chi connectivity index (χ1v) is 6.91. The largest absolute Gasteiger partial charge is 0.345 e. The van der Waals surface area contributed by atoms with Gasteiger partial charge in [0.05, 0.1) is 24.1 Å². The van der Waals surface area contributed by atoms with Crippen molar-refractivity contribution in [1.29, 1.82) is 0 Å². The Balaban J connectivity index is 1.67. The maximum atomic E-state index is 12.1. The molecule has 3 aromatic rings. The number of carbonyl (C=O) groups excluding carboxylic acids is 1. The van der Waals surface area contributed by atoms with Gasteiger partial charge in [-0.2, -0.15) is 9.90 Å². The van der Waals surface area contributed by atoms with Gasteiger partial charge in [0.2, 0.25) is 0 Å². The van der Waals surface area contributed by atoms with Crippen LogP contribution in [0.2, 0.25) is 0 Å². The Bertz CT molecular complexity index is 782. The highest BCUT2D eigenvalue weighted by Gasteiger charge is 2.11. The van der Waals surface area contributed by atoms with Crippen LogP contribution in [-0.2, 0) is 6.54 Å². The molecule has 0 bridgehead atoms. The quantitative estimate of drug-likeness (QED) is 0.797. The van der Waals surface area contributed by atoms with E-state index >= 15 is 0 Å². The number of pyridine rings is 1. The zero-order valence-electron chi connectivity index (χ0n) is 12.1. The van der Waals surface area contributed by atoms with Gasteiger partial charge >= 0.3 is 0 Å². The number of carbonyl (C=O) groups is 1. The molecule has 0 radical (unpaired) electrons. The third kappa shape index (κ3) is 3.17. The molecule has 0 saturated heterocycles. The lowest BCUT2D eigenvalue weighted by atomic mass is 10.3. The normalized spacial score (nSPS) is 10.4. The van der Waals surface area contributed by atoms with E-state index in [-0.39, 0.29) is 11.6 Å². The fourth-order valence-electron chi connectivity index (χ4n) is 2.01. The van der Waals surface area contributed by atoms with Gasteiger partial charge < -0.3 is 5.32 Å². The van der Waals surface area contributed by atoms with Gasteiger partial charge in [0.1, 0.15) is 0 Å². The molecule has 0 spiro atoms. The lowest BCUT2D eigenvalue weighted by molar-refractivity contribution is 0.0945. The zero-order valence-corrected chi connectivity index (χ0v) is 12.1. The van der Waals surface area contributed by atoms with Crippen LogP contribution in [0.25, 0.3) is 5.69 Å². The highest BCUT2D eigenvalue weighted by atomic mass is 16.2. The Hall–Kier alpha value is -3.02. The van der Waals surface area contributed by atoms with Crippen LogP contribution in [0.15, 0.2) is 54.7 Å². The Morgan fingerprint density at radius 2 is 1.95 bits per heavy atom. The van der Waals surface area contributed by atoms with Crippen molar-refractivity contribution in [2.45, 2.75) is 13.5 Å². The summed E-state index contributed by atoms with van der Waals surface area (Å²) < 4.78 is 0. The number of benzene rings is 1. The van der Waals surface area contributed by atoms with Crippen molar-refractivity contribution in [2.24, 2.45) is 0 Å². The molecule has 2 aromatic heterocycles. The summed E-state index contributed by atoms with van der Waals surface area (Å²) in [5.74, 6) is -0.273. The molecule has 0 aliphatic heterocycles. The summed E-state index contributed by atoms with van der Waals surface area (Å²) in [7, 11) is 0. The molecule has 1 aromatic carbocycles. The van der Waals surface area contributed by atoms with Crippen LogP contribution in [-0.4, -0.2) is 25.9 Å². The first-order chi connectivity index (χ1) is 10.7. The van der Waals surface area contributed by atoms with Crippen LogP contribution in [0.3, 0.4) is 0 Å². The molecular formula is C16H15N5O. The molecule has 3 rings (SSSR count). The first-order valence-electron chi connectivity index (χ1n) is 6.91. The smallest absolute Gasteiger partial charge is 0.273 e. The highest BCUT2D eigenvalue weighted by molar-refractivity contribution is 5.91. The van der Waals surface area contributed by atoms with E-state index in [1.165, 1.54) is 11.0 Å². The van der Waals surface area contributed by atoms with E-state index in [0.717, 1.165) is 17.1 Å². The predicted octanol–water partition coefficient (Wildman–Crippen LogP) is 1.90. The molecule has 0 aliphatic rings. The van der Waals surface area contributed by atoms with Crippen LogP contribution < -0.4 is 5.32 Å². The van der Waals surface area contributed by atoms with E-state index in [4.69, 9.17) is 0 Å². The monoisotopic (exact) mass is 293 g/mol. The van der Waals surface area contributed by atoms with Gasteiger partial charge in [-0.3, -0.25) is 9.78 Å². The number of amides is 1. The topological polar surface area (TPSA) is 72.7 Å². The summed E-state index contributed by atoms with van der Waals surface area (Å²) in [6.07, 6.45) is 1.45. The number of nitrogens with one attached hydrogen (secondary N) is 1. The van der Waals surface area contributed by atoms with E-state index in [2.05, 4.69) is 20.5 Å². The third-order valence-corrected chi connectivity index (χ3v) is 3.09. The first kappa shape index (κ1) is 13.9. The summed E-state index contributed by atoms with van der Waals surface area (Å²) in [4.78, 5) is 17.9. The molecule has 1 amide bonds. The standard InChI is InChI=1S/C16H15N5O/c1-12-6-5-7-13(19-12)10-17-16(22)15-11-18-21(20-15)14-8-3-2-4-9-14/h2-9,11H,10H2,1H3,(H,17,22). The minimum Gasteiger partial charge on any atom is -0.345 e. The fraction of sp³-hybridized carbons (Fsp3) is 0.125.